The zero-order chi connectivity index (χ0) is 18.1. The zero-order valence-corrected chi connectivity index (χ0v) is 14.7. The van der Waals surface area contributed by atoms with Gasteiger partial charge in [-0.15, -0.1) is 0 Å². The standard InChI is InChI=1S/C20H19N3O3/c1-13-11-21-23(12-13)8-7-20(24)22-16-10-18-15(9-19(16)25-2)14-5-3-4-6-17(14)26-18/h3-6,9-12H,7-8H2,1-2H3,(H,22,24). The number of para-hydroxylation sites is 1. The van der Waals surface area contributed by atoms with Gasteiger partial charge in [0.25, 0.3) is 0 Å². The number of anilines is 1. The number of benzene rings is 2. The summed E-state index contributed by atoms with van der Waals surface area (Å²) in [4.78, 5) is 12.3. The molecule has 1 amide bonds. The van der Waals surface area contributed by atoms with E-state index in [1.807, 2.05) is 49.5 Å². The first-order chi connectivity index (χ1) is 12.6. The maximum Gasteiger partial charge on any atom is 0.226 e. The van der Waals surface area contributed by atoms with E-state index in [9.17, 15) is 4.79 Å². The van der Waals surface area contributed by atoms with E-state index < -0.39 is 0 Å². The Kier molecular flexibility index (Phi) is 4.08. The Bertz CT molecular complexity index is 1090. The van der Waals surface area contributed by atoms with E-state index in [1.54, 1.807) is 18.0 Å². The van der Waals surface area contributed by atoms with Crippen molar-refractivity contribution >= 4 is 33.5 Å². The molecule has 0 unspecified atom stereocenters. The normalized spacial score (nSPS) is 11.2. The van der Waals surface area contributed by atoms with Crippen molar-refractivity contribution in [3.8, 4) is 5.75 Å². The van der Waals surface area contributed by atoms with Crippen LogP contribution >= 0.6 is 0 Å². The highest BCUT2D eigenvalue weighted by molar-refractivity contribution is 6.07. The lowest BCUT2D eigenvalue weighted by Gasteiger charge is -2.10. The minimum Gasteiger partial charge on any atom is -0.495 e. The van der Waals surface area contributed by atoms with Crippen LogP contribution in [-0.2, 0) is 11.3 Å². The van der Waals surface area contributed by atoms with Crippen LogP contribution in [0.2, 0.25) is 0 Å². The van der Waals surface area contributed by atoms with Crippen molar-refractivity contribution in [1.82, 2.24) is 9.78 Å². The first-order valence-electron chi connectivity index (χ1n) is 8.42. The number of carbonyl (C=O) groups excluding carboxylic acids is 1. The number of nitrogens with zero attached hydrogens (tertiary/aromatic N) is 2. The topological polar surface area (TPSA) is 69.3 Å². The van der Waals surface area contributed by atoms with E-state index in [4.69, 9.17) is 9.15 Å². The molecule has 2 heterocycles. The number of methoxy groups -OCH3 is 1. The van der Waals surface area contributed by atoms with Gasteiger partial charge in [0.1, 0.15) is 16.9 Å². The number of amides is 1. The molecule has 6 nitrogen and oxygen atoms in total. The molecule has 1 N–H and O–H groups in total. The molecular weight excluding hydrogens is 330 g/mol. The second kappa shape index (κ2) is 6.55. The lowest BCUT2D eigenvalue weighted by atomic mass is 10.1. The molecule has 2 aromatic carbocycles. The van der Waals surface area contributed by atoms with Crippen molar-refractivity contribution in [1.29, 1.82) is 0 Å². The number of ether oxygens (including phenoxy) is 1. The maximum absolute atomic E-state index is 12.3. The van der Waals surface area contributed by atoms with Gasteiger partial charge in [-0.1, -0.05) is 18.2 Å². The number of furan rings is 1. The Morgan fingerprint density at radius 3 is 2.85 bits per heavy atom. The summed E-state index contributed by atoms with van der Waals surface area (Å²) in [5, 5.41) is 9.08. The van der Waals surface area contributed by atoms with E-state index >= 15 is 0 Å². The van der Waals surface area contributed by atoms with Gasteiger partial charge in [0.2, 0.25) is 5.91 Å². The smallest absolute Gasteiger partial charge is 0.226 e. The largest absolute Gasteiger partial charge is 0.495 e. The fourth-order valence-electron chi connectivity index (χ4n) is 3.04. The van der Waals surface area contributed by atoms with Crippen molar-refractivity contribution < 1.29 is 13.9 Å². The van der Waals surface area contributed by atoms with Crippen LogP contribution in [0.25, 0.3) is 21.9 Å². The molecule has 0 spiro atoms. The van der Waals surface area contributed by atoms with Crippen LogP contribution in [-0.4, -0.2) is 22.8 Å². The molecule has 0 saturated carbocycles. The molecule has 0 radical (unpaired) electrons. The molecule has 0 bridgehead atoms. The van der Waals surface area contributed by atoms with Crippen molar-refractivity contribution in [2.75, 3.05) is 12.4 Å². The average molecular weight is 349 g/mol. The highest BCUT2D eigenvalue weighted by Crippen LogP contribution is 2.36. The third-order valence-corrected chi connectivity index (χ3v) is 4.30. The Hall–Kier alpha value is -3.28. The lowest BCUT2D eigenvalue weighted by Crippen LogP contribution is -2.15. The van der Waals surface area contributed by atoms with Crippen LogP contribution in [0.5, 0.6) is 5.75 Å². The van der Waals surface area contributed by atoms with Gasteiger partial charge >= 0.3 is 0 Å². The highest BCUT2D eigenvalue weighted by atomic mass is 16.5. The molecule has 132 valence electrons. The number of nitrogens with one attached hydrogen (secondary N) is 1. The number of aromatic nitrogens is 2. The number of rotatable bonds is 5. The molecule has 26 heavy (non-hydrogen) atoms. The van der Waals surface area contributed by atoms with Crippen LogP contribution in [0.1, 0.15) is 12.0 Å². The summed E-state index contributed by atoms with van der Waals surface area (Å²) in [6, 6.07) is 11.5. The number of aryl methyl sites for hydroxylation is 2. The highest BCUT2D eigenvalue weighted by Gasteiger charge is 2.14. The maximum atomic E-state index is 12.3. The van der Waals surface area contributed by atoms with Crippen molar-refractivity contribution in [2.24, 2.45) is 0 Å². The molecule has 4 rings (SSSR count). The minimum atomic E-state index is -0.105. The van der Waals surface area contributed by atoms with E-state index in [0.29, 0.717) is 30.0 Å². The second-order valence-electron chi connectivity index (χ2n) is 6.23. The molecule has 6 heteroatoms. The van der Waals surface area contributed by atoms with Gasteiger partial charge in [0, 0.05) is 36.0 Å². The summed E-state index contributed by atoms with van der Waals surface area (Å²) in [6.45, 7) is 2.49. The summed E-state index contributed by atoms with van der Waals surface area (Å²) >= 11 is 0. The van der Waals surface area contributed by atoms with Gasteiger partial charge < -0.3 is 14.5 Å². The number of hydrogen-bond donors (Lipinski definition) is 1. The predicted molar refractivity (Wildman–Crippen MR) is 100 cm³/mol. The van der Waals surface area contributed by atoms with Crippen LogP contribution in [0, 0.1) is 6.92 Å². The van der Waals surface area contributed by atoms with Crippen LogP contribution in [0.3, 0.4) is 0 Å². The second-order valence-corrected chi connectivity index (χ2v) is 6.23. The van der Waals surface area contributed by atoms with E-state index in [1.165, 1.54) is 0 Å². The third-order valence-electron chi connectivity index (χ3n) is 4.30. The van der Waals surface area contributed by atoms with Gasteiger partial charge in [-0.2, -0.15) is 5.10 Å². The number of fused-ring (bicyclic) bond motifs is 3. The number of hydrogen-bond acceptors (Lipinski definition) is 4. The van der Waals surface area contributed by atoms with Gasteiger partial charge in [-0.3, -0.25) is 9.48 Å². The molecule has 0 atom stereocenters. The fraction of sp³-hybridized carbons (Fsp3) is 0.200. The SMILES string of the molecule is COc1cc2c(cc1NC(=O)CCn1cc(C)cn1)oc1ccccc12. The van der Waals surface area contributed by atoms with Crippen molar-refractivity contribution in [3.05, 3.63) is 54.4 Å². The van der Waals surface area contributed by atoms with Gasteiger partial charge in [-0.05, 0) is 24.6 Å². The fourth-order valence-corrected chi connectivity index (χ4v) is 3.04. The minimum absolute atomic E-state index is 0.105. The van der Waals surface area contributed by atoms with Crippen molar-refractivity contribution in [3.63, 3.8) is 0 Å². The number of carbonyl (C=O) groups is 1. The van der Waals surface area contributed by atoms with E-state index in [-0.39, 0.29) is 5.91 Å². The molecule has 2 aromatic heterocycles. The molecule has 0 fully saturated rings. The van der Waals surface area contributed by atoms with E-state index in [0.717, 1.165) is 21.9 Å². The third kappa shape index (κ3) is 3.01. The predicted octanol–water partition coefficient (Wildman–Crippen LogP) is 4.13. The van der Waals surface area contributed by atoms with Crippen molar-refractivity contribution in [2.45, 2.75) is 19.9 Å². The monoisotopic (exact) mass is 349 g/mol. The molecule has 4 aromatic rings. The lowest BCUT2D eigenvalue weighted by molar-refractivity contribution is -0.116. The summed E-state index contributed by atoms with van der Waals surface area (Å²) in [5.41, 5.74) is 3.19. The summed E-state index contributed by atoms with van der Waals surface area (Å²) in [6.07, 6.45) is 4.01. The van der Waals surface area contributed by atoms with E-state index in [2.05, 4.69) is 10.4 Å². The van der Waals surface area contributed by atoms with Gasteiger partial charge in [-0.25, -0.2) is 0 Å². The van der Waals surface area contributed by atoms with Crippen LogP contribution in [0.15, 0.2) is 53.2 Å². The average Bonchev–Trinajstić information content (AvgIpc) is 3.22. The summed E-state index contributed by atoms with van der Waals surface area (Å²) < 4.78 is 13.1. The first kappa shape index (κ1) is 16.2. The zero-order valence-electron chi connectivity index (χ0n) is 14.7. The Labute approximate surface area is 150 Å². The van der Waals surface area contributed by atoms with Gasteiger partial charge in [0.05, 0.1) is 19.0 Å². The molecule has 0 aliphatic rings. The Balaban J connectivity index is 1.58. The molecular formula is C20H19N3O3. The Morgan fingerprint density at radius 1 is 1.23 bits per heavy atom. The summed E-state index contributed by atoms with van der Waals surface area (Å²) in [5.74, 6) is 0.499. The van der Waals surface area contributed by atoms with Gasteiger partial charge in [0.15, 0.2) is 0 Å². The summed E-state index contributed by atoms with van der Waals surface area (Å²) in [7, 11) is 1.59. The first-order valence-corrected chi connectivity index (χ1v) is 8.42. The van der Waals surface area contributed by atoms with Crippen LogP contribution < -0.4 is 10.1 Å². The molecule has 0 saturated heterocycles. The Morgan fingerprint density at radius 2 is 2.08 bits per heavy atom. The molecule has 0 aliphatic carbocycles. The molecule has 0 aliphatic heterocycles. The van der Waals surface area contributed by atoms with Crippen LogP contribution in [0.4, 0.5) is 5.69 Å². The quantitative estimate of drug-likeness (QED) is 0.588.